The van der Waals surface area contributed by atoms with E-state index in [-0.39, 0.29) is 24.0 Å². The number of carbonyl (C=O) groups is 1. The zero-order valence-corrected chi connectivity index (χ0v) is 11.7. The standard InChI is InChI=1S/C13H17N3O5/c1-20-10-2-3-11(16(18)19)12(8-10)21-9-13(17)15-6-4-14-5-7-15/h2-3,8,14H,4-7,9H2,1H3. The highest BCUT2D eigenvalue weighted by Gasteiger charge is 2.20. The number of hydrogen-bond donors (Lipinski definition) is 1. The lowest BCUT2D eigenvalue weighted by Crippen LogP contribution is -2.47. The number of amides is 1. The van der Waals surface area contributed by atoms with Crippen LogP contribution in [0.4, 0.5) is 5.69 Å². The van der Waals surface area contributed by atoms with Gasteiger partial charge in [0.05, 0.1) is 12.0 Å². The van der Waals surface area contributed by atoms with Crippen LogP contribution >= 0.6 is 0 Å². The summed E-state index contributed by atoms with van der Waals surface area (Å²) in [6.45, 7) is 2.48. The molecule has 0 spiro atoms. The first-order chi connectivity index (χ1) is 10.1. The second kappa shape index (κ2) is 6.89. The third-order valence-electron chi connectivity index (χ3n) is 3.18. The van der Waals surface area contributed by atoms with E-state index in [1.807, 2.05) is 0 Å². The number of benzene rings is 1. The third-order valence-corrected chi connectivity index (χ3v) is 3.18. The molecule has 0 aliphatic carbocycles. The van der Waals surface area contributed by atoms with Gasteiger partial charge in [0.1, 0.15) is 5.75 Å². The summed E-state index contributed by atoms with van der Waals surface area (Å²) < 4.78 is 10.3. The molecule has 0 unspecified atom stereocenters. The summed E-state index contributed by atoms with van der Waals surface area (Å²) in [5, 5.41) is 14.1. The van der Waals surface area contributed by atoms with Crippen molar-refractivity contribution in [3.8, 4) is 11.5 Å². The third kappa shape index (κ3) is 3.82. The van der Waals surface area contributed by atoms with Crippen LogP contribution in [-0.2, 0) is 4.79 Å². The van der Waals surface area contributed by atoms with Gasteiger partial charge in [-0.2, -0.15) is 0 Å². The number of nitrogens with zero attached hydrogens (tertiary/aromatic N) is 2. The highest BCUT2D eigenvalue weighted by molar-refractivity contribution is 5.78. The summed E-state index contributed by atoms with van der Waals surface area (Å²) in [6, 6.07) is 4.18. The largest absolute Gasteiger partial charge is 0.497 e. The van der Waals surface area contributed by atoms with Gasteiger partial charge < -0.3 is 19.7 Å². The Hall–Kier alpha value is -2.35. The molecule has 2 rings (SSSR count). The summed E-state index contributed by atoms with van der Waals surface area (Å²) >= 11 is 0. The van der Waals surface area contributed by atoms with Gasteiger partial charge in [0.15, 0.2) is 6.61 Å². The SMILES string of the molecule is COc1ccc([N+](=O)[O-])c(OCC(=O)N2CCNCC2)c1. The molecule has 0 bridgehead atoms. The molecule has 114 valence electrons. The highest BCUT2D eigenvalue weighted by atomic mass is 16.6. The van der Waals surface area contributed by atoms with E-state index in [0.29, 0.717) is 18.8 Å². The normalized spacial score (nSPS) is 14.6. The van der Waals surface area contributed by atoms with Crippen molar-refractivity contribution in [3.63, 3.8) is 0 Å². The van der Waals surface area contributed by atoms with Gasteiger partial charge in [0.2, 0.25) is 5.75 Å². The smallest absolute Gasteiger partial charge is 0.311 e. The van der Waals surface area contributed by atoms with E-state index in [2.05, 4.69) is 5.32 Å². The number of piperazine rings is 1. The molecule has 8 nitrogen and oxygen atoms in total. The monoisotopic (exact) mass is 295 g/mol. The van der Waals surface area contributed by atoms with Crippen molar-refractivity contribution in [2.24, 2.45) is 0 Å². The lowest BCUT2D eigenvalue weighted by molar-refractivity contribution is -0.385. The Balaban J connectivity index is 2.04. The summed E-state index contributed by atoms with van der Waals surface area (Å²) in [6.07, 6.45) is 0. The van der Waals surface area contributed by atoms with E-state index in [4.69, 9.17) is 9.47 Å². The fourth-order valence-corrected chi connectivity index (χ4v) is 2.03. The molecule has 1 fully saturated rings. The molecule has 1 amide bonds. The number of nitro groups is 1. The molecular formula is C13H17N3O5. The number of nitro benzene ring substituents is 1. The summed E-state index contributed by atoms with van der Waals surface area (Å²) in [5.74, 6) is 0.279. The van der Waals surface area contributed by atoms with Crippen molar-refractivity contribution in [2.45, 2.75) is 0 Å². The zero-order valence-electron chi connectivity index (χ0n) is 11.7. The number of rotatable bonds is 5. The van der Waals surface area contributed by atoms with Crippen molar-refractivity contribution in [1.82, 2.24) is 10.2 Å². The number of carbonyl (C=O) groups excluding carboxylic acids is 1. The molecule has 1 saturated heterocycles. The second-order valence-corrected chi connectivity index (χ2v) is 4.51. The topological polar surface area (TPSA) is 93.9 Å². The minimum absolute atomic E-state index is 0.0304. The van der Waals surface area contributed by atoms with Crippen LogP contribution in [0.3, 0.4) is 0 Å². The minimum Gasteiger partial charge on any atom is -0.497 e. The maximum Gasteiger partial charge on any atom is 0.311 e. The van der Waals surface area contributed by atoms with Gasteiger partial charge in [-0.25, -0.2) is 0 Å². The predicted molar refractivity (Wildman–Crippen MR) is 74.6 cm³/mol. The molecule has 1 heterocycles. The van der Waals surface area contributed by atoms with E-state index in [1.54, 1.807) is 4.90 Å². The van der Waals surface area contributed by atoms with Gasteiger partial charge in [-0.1, -0.05) is 0 Å². The zero-order chi connectivity index (χ0) is 15.2. The maximum atomic E-state index is 12.0. The summed E-state index contributed by atoms with van der Waals surface area (Å²) in [7, 11) is 1.46. The Kier molecular flexibility index (Phi) is 4.94. The lowest BCUT2D eigenvalue weighted by Gasteiger charge is -2.27. The number of hydrogen-bond acceptors (Lipinski definition) is 6. The summed E-state index contributed by atoms with van der Waals surface area (Å²) in [4.78, 5) is 24.0. The molecule has 1 aromatic rings. The molecular weight excluding hydrogens is 278 g/mol. The average Bonchev–Trinajstić information content (AvgIpc) is 2.52. The van der Waals surface area contributed by atoms with Gasteiger partial charge in [-0.05, 0) is 6.07 Å². The van der Waals surface area contributed by atoms with Gasteiger partial charge in [-0.3, -0.25) is 14.9 Å². The van der Waals surface area contributed by atoms with E-state index < -0.39 is 4.92 Å². The van der Waals surface area contributed by atoms with Crippen molar-refractivity contribution in [2.75, 3.05) is 39.9 Å². The Morgan fingerprint density at radius 1 is 1.43 bits per heavy atom. The molecule has 1 aromatic carbocycles. The molecule has 0 saturated carbocycles. The van der Waals surface area contributed by atoms with E-state index in [1.165, 1.54) is 25.3 Å². The molecule has 1 N–H and O–H groups in total. The number of methoxy groups -OCH3 is 1. The molecule has 1 aliphatic rings. The van der Waals surface area contributed by atoms with Gasteiger partial charge in [-0.15, -0.1) is 0 Å². The second-order valence-electron chi connectivity index (χ2n) is 4.51. The van der Waals surface area contributed by atoms with Crippen molar-refractivity contribution in [1.29, 1.82) is 0 Å². The summed E-state index contributed by atoms with van der Waals surface area (Å²) in [5.41, 5.74) is -0.191. The van der Waals surface area contributed by atoms with E-state index >= 15 is 0 Å². The van der Waals surface area contributed by atoms with Crippen LogP contribution in [0, 0.1) is 10.1 Å². The fourth-order valence-electron chi connectivity index (χ4n) is 2.03. The van der Waals surface area contributed by atoms with Gasteiger partial charge in [0, 0.05) is 38.3 Å². The Bertz CT molecular complexity index is 529. The molecule has 21 heavy (non-hydrogen) atoms. The fraction of sp³-hybridized carbons (Fsp3) is 0.462. The Morgan fingerprint density at radius 3 is 2.76 bits per heavy atom. The molecule has 1 aliphatic heterocycles. The molecule has 0 atom stereocenters. The Morgan fingerprint density at radius 2 is 2.14 bits per heavy atom. The first-order valence-electron chi connectivity index (χ1n) is 6.55. The Labute approximate surface area is 121 Å². The van der Waals surface area contributed by atoms with Crippen LogP contribution in [0.2, 0.25) is 0 Å². The molecule has 8 heteroatoms. The average molecular weight is 295 g/mol. The van der Waals surface area contributed by atoms with Crippen LogP contribution in [0.25, 0.3) is 0 Å². The van der Waals surface area contributed by atoms with Crippen LogP contribution in [0.5, 0.6) is 11.5 Å². The van der Waals surface area contributed by atoms with Crippen LogP contribution < -0.4 is 14.8 Å². The minimum atomic E-state index is -0.552. The van der Waals surface area contributed by atoms with E-state index in [0.717, 1.165) is 13.1 Å². The molecule has 0 aromatic heterocycles. The predicted octanol–water partition coefficient (Wildman–Crippen LogP) is 0.414. The van der Waals surface area contributed by atoms with Crippen molar-refractivity contribution in [3.05, 3.63) is 28.3 Å². The van der Waals surface area contributed by atoms with Crippen LogP contribution in [-0.4, -0.2) is 55.6 Å². The van der Waals surface area contributed by atoms with E-state index in [9.17, 15) is 14.9 Å². The van der Waals surface area contributed by atoms with Gasteiger partial charge in [0.25, 0.3) is 5.91 Å². The maximum absolute atomic E-state index is 12.0. The number of nitrogens with one attached hydrogen (secondary N) is 1. The van der Waals surface area contributed by atoms with Crippen LogP contribution in [0.15, 0.2) is 18.2 Å². The first kappa shape index (κ1) is 15.0. The molecule has 0 radical (unpaired) electrons. The highest BCUT2D eigenvalue weighted by Crippen LogP contribution is 2.31. The quantitative estimate of drug-likeness (QED) is 0.625. The number of ether oxygens (including phenoxy) is 2. The first-order valence-corrected chi connectivity index (χ1v) is 6.55. The van der Waals surface area contributed by atoms with Crippen molar-refractivity contribution < 1.29 is 19.2 Å². The van der Waals surface area contributed by atoms with Gasteiger partial charge >= 0.3 is 5.69 Å². The lowest BCUT2D eigenvalue weighted by atomic mass is 10.3. The van der Waals surface area contributed by atoms with Crippen LogP contribution in [0.1, 0.15) is 0 Å². The van der Waals surface area contributed by atoms with Crippen molar-refractivity contribution >= 4 is 11.6 Å².